The van der Waals surface area contributed by atoms with Crippen LogP contribution in [0.4, 0.5) is 17.1 Å². The molecule has 0 radical (unpaired) electrons. The molecule has 0 amide bonds. The van der Waals surface area contributed by atoms with E-state index >= 15 is 0 Å². The summed E-state index contributed by atoms with van der Waals surface area (Å²) in [6.07, 6.45) is 0. The largest absolute Gasteiger partial charge is 0.310 e. The van der Waals surface area contributed by atoms with Gasteiger partial charge in [-0.2, -0.15) is 0 Å². The van der Waals surface area contributed by atoms with Gasteiger partial charge in [0.1, 0.15) is 0 Å². The Hall–Kier alpha value is -4.18. The number of rotatable bonds is 4. The Morgan fingerprint density at radius 1 is 0.595 bits per heavy atom. The fraction of sp³-hybridized carbons (Fsp3) is 0.0769. The number of nitrogens with zero attached hydrogens (tertiary/aromatic N) is 1. The number of thiophene rings is 1. The van der Waals surface area contributed by atoms with Crippen molar-refractivity contribution in [3.05, 3.63) is 149 Å². The molecule has 0 aliphatic heterocycles. The minimum Gasteiger partial charge on any atom is -0.310 e. The Labute approximate surface area is 258 Å². The SMILES string of the molecule is CC1(C)c2ccccc2-c2c(N(c3ccc(-c4ccccc4)cc3)c3ccc4sc5cccc(Br)c5c4c3)cccc21. The quantitative estimate of drug-likeness (QED) is 0.189. The van der Waals surface area contributed by atoms with Gasteiger partial charge < -0.3 is 4.90 Å². The Kier molecular flexibility index (Phi) is 5.89. The van der Waals surface area contributed by atoms with Gasteiger partial charge in [0.15, 0.2) is 0 Å². The van der Waals surface area contributed by atoms with E-state index in [1.54, 1.807) is 0 Å². The molecule has 0 saturated heterocycles. The number of hydrogen-bond donors (Lipinski definition) is 0. The molecule has 3 heteroatoms. The van der Waals surface area contributed by atoms with E-state index in [-0.39, 0.29) is 5.41 Å². The van der Waals surface area contributed by atoms with Crippen LogP contribution in [0.25, 0.3) is 42.4 Å². The van der Waals surface area contributed by atoms with Crippen molar-refractivity contribution in [2.45, 2.75) is 19.3 Å². The fourth-order valence-corrected chi connectivity index (χ4v) is 8.52. The third kappa shape index (κ3) is 3.88. The van der Waals surface area contributed by atoms with Crippen LogP contribution in [0, 0.1) is 0 Å². The van der Waals surface area contributed by atoms with Crippen molar-refractivity contribution >= 4 is 64.5 Å². The summed E-state index contributed by atoms with van der Waals surface area (Å²) in [4.78, 5) is 2.45. The third-order valence-electron chi connectivity index (χ3n) is 8.75. The summed E-state index contributed by atoms with van der Waals surface area (Å²) in [5, 5.41) is 2.56. The van der Waals surface area contributed by atoms with Crippen molar-refractivity contribution in [1.82, 2.24) is 0 Å². The lowest BCUT2D eigenvalue weighted by atomic mass is 9.82. The minimum atomic E-state index is -0.0663. The van der Waals surface area contributed by atoms with Crippen molar-refractivity contribution in [2.75, 3.05) is 4.90 Å². The monoisotopic (exact) mass is 621 g/mol. The van der Waals surface area contributed by atoms with Gasteiger partial charge in [-0.15, -0.1) is 11.3 Å². The maximum Gasteiger partial charge on any atom is 0.0543 e. The maximum absolute atomic E-state index is 3.84. The highest BCUT2D eigenvalue weighted by atomic mass is 79.9. The second-order valence-corrected chi connectivity index (χ2v) is 13.5. The molecular weight excluding hydrogens is 594 g/mol. The normalized spacial score (nSPS) is 13.3. The van der Waals surface area contributed by atoms with E-state index in [1.165, 1.54) is 59.2 Å². The van der Waals surface area contributed by atoms with Gasteiger partial charge in [0.05, 0.1) is 5.69 Å². The summed E-state index contributed by atoms with van der Waals surface area (Å²) in [6, 6.07) is 48.8. The standard InChI is InChI=1S/C39H28BrNS/c1-39(2)31-13-7-6-12-29(31)37-32(39)14-8-16-34(37)41(27-20-18-26(19-21-27)25-10-4-3-5-11-25)28-22-23-35-30(24-28)38-33(40)15-9-17-36(38)42-35/h3-24H,1-2H3. The van der Waals surface area contributed by atoms with Gasteiger partial charge in [-0.25, -0.2) is 0 Å². The third-order valence-corrected chi connectivity index (χ3v) is 10.5. The van der Waals surface area contributed by atoms with Crippen LogP contribution in [-0.2, 0) is 5.41 Å². The Morgan fingerprint density at radius 3 is 2.12 bits per heavy atom. The summed E-state index contributed by atoms with van der Waals surface area (Å²) in [5.74, 6) is 0. The van der Waals surface area contributed by atoms with Gasteiger partial charge >= 0.3 is 0 Å². The molecule has 1 heterocycles. The van der Waals surface area contributed by atoms with Crippen molar-refractivity contribution in [1.29, 1.82) is 0 Å². The number of fused-ring (bicyclic) bond motifs is 6. The summed E-state index contributed by atoms with van der Waals surface area (Å²) < 4.78 is 3.73. The molecule has 42 heavy (non-hydrogen) atoms. The topological polar surface area (TPSA) is 3.24 Å². The van der Waals surface area contributed by atoms with Crippen LogP contribution in [0.15, 0.2) is 138 Å². The first-order chi connectivity index (χ1) is 20.5. The molecule has 8 rings (SSSR count). The van der Waals surface area contributed by atoms with Crippen molar-refractivity contribution in [3.8, 4) is 22.3 Å². The van der Waals surface area contributed by atoms with E-state index in [0.717, 1.165) is 15.8 Å². The van der Waals surface area contributed by atoms with Gasteiger partial charge in [0.2, 0.25) is 0 Å². The highest BCUT2D eigenvalue weighted by molar-refractivity contribution is 9.10. The fourth-order valence-electron chi connectivity index (χ4n) is 6.69. The van der Waals surface area contributed by atoms with Crippen molar-refractivity contribution < 1.29 is 0 Å². The first-order valence-electron chi connectivity index (χ1n) is 14.3. The summed E-state index contributed by atoms with van der Waals surface area (Å²) in [7, 11) is 0. The van der Waals surface area contributed by atoms with Crippen LogP contribution in [0.3, 0.4) is 0 Å². The molecule has 0 spiro atoms. The lowest BCUT2D eigenvalue weighted by molar-refractivity contribution is 0.660. The van der Waals surface area contributed by atoms with Crippen LogP contribution >= 0.6 is 27.3 Å². The Balaban J connectivity index is 1.38. The second kappa shape index (κ2) is 9.69. The van der Waals surface area contributed by atoms with Crippen LogP contribution in [0.2, 0.25) is 0 Å². The summed E-state index contributed by atoms with van der Waals surface area (Å²) >= 11 is 5.69. The smallest absolute Gasteiger partial charge is 0.0543 e. The van der Waals surface area contributed by atoms with E-state index in [4.69, 9.17) is 0 Å². The second-order valence-electron chi connectivity index (χ2n) is 11.5. The molecule has 0 unspecified atom stereocenters. The van der Waals surface area contributed by atoms with Crippen LogP contribution < -0.4 is 4.90 Å². The zero-order valence-electron chi connectivity index (χ0n) is 23.4. The number of halogens is 1. The van der Waals surface area contributed by atoms with Crippen molar-refractivity contribution in [2.24, 2.45) is 0 Å². The maximum atomic E-state index is 3.84. The van der Waals surface area contributed by atoms with E-state index in [1.807, 2.05) is 11.3 Å². The molecule has 1 aliphatic rings. The number of hydrogen-bond acceptors (Lipinski definition) is 2. The molecule has 202 valence electrons. The highest BCUT2D eigenvalue weighted by Gasteiger charge is 2.37. The molecular formula is C39H28BrNS. The van der Waals surface area contributed by atoms with Crippen LogP contribution in [0.1, 0.15) is 25.0 Å². The zero-order valence-corrected chi connectivity index (χ0v) is 25.8. The van der Waals surface area contributed by atoms with Gasteiger partial charge in [-0.05, 0) is 76.3 Å². The predicted octanol–water partition coefficient (Wildman–Crippen LogP) is 12.3. The molecule has 0 fully saturated rings. The molecule has 1 nitrogen and oxygen atoms in total. The number of anilines is 3. The van der Waals surface area contributed by atoms with Gasteiger partial charge in [-0.1, -0.05) is 115 Å². The van der Waals surface area contributed by atoms with Gasteiger partial charge in [0, 0.05) is 47.0 Å². The van der Waals surface area contributed by atoms with E-state index in [2.05, 4.69) is 168 Å². The minimum absolute atomic E-state index is 0.0663. The lowest BCUT2D eigenvalue weighted by Gasteiger charge is -2.29. The first-order valence-corrected chi connectivity index (χ1v) is 15.9. The molecule has 1 aromatic heterocycles. The summed E-state index contributed by atoms with van der Waals surface area (Å²) in [5.41, 5.74) is 11.3. The van der Waals surface area contributed by atoms with Gasteiger partial charge in [0.25, 0.3) is 0 Å². The molecule has 6 aromatic carbocycles. The first kappa shape index (κ1) is 25.5. The average Bonchev–Trinajstić information content (AvgIpc) is 3.51. The predicted molar refractivity (Wildman–Crippen MR) is 185 cm³/mol. The van der Waals surface area contributed by atoms with E-state index < -0.39 is 0 Å². The Morgan fingerprint density at radius 2 is 1.29 bits per heavy atom. The molecule has 7 aromatic rings. The molecule has 1 aliphatic carbocycles. The molecule has 0 N–H and O–H groups in total. The zero-order chi connectivity index (χ0) is 28.4. The van der Waals surface area contributed by atoms with Gasteiger partial charge in [-0.3, -0.25) is 0 Å². The molecule has 0 bridgehead atoms. The average molecular weight is 623 g/mol. The van der Waals surface area contributed by atoms with Crippen LogP contribution in [-0.4, -0.2) is 0 Å². The molecule has 0 atom stereocenters. The van der Waals surface area contributed by atoms with Crippen molar-refractivity contribution in [3.63, 3.8) is 0 Å². The Bertz CT molecular complexity index is 2120. The van der Waals surface area contributed by atoms with E-state index in [9.17, 15) is 0 Å². The van der Waals surface area contributed by atoms with Crippen LogP contribution in [0.5, 0.6) is 0 Å². The lowest BCUT2D eigenvalue weighted by Crippen LogP contribution is -2.16. The molecule has 0 saturated carbocycles. The number of benzene rings is 6. The summed E-state index contributed by atoms with van der Waals surface area (Å²) in [6.45, 7) is 4.70. The highest BCUT2D eigenvalue weighted by Crippen LogP contribution is 2.54. The van der Waals surface area contributed by atoms with E-state index in [0.29, 0.717) is 0 Å².